The molecule has 1 fully saturated rings. The predicted molar refractivity (Wildman–Crippen MR) is 49.6 cm³/mol. The van der Waals surface area contributed by atoms with Gasteiger partial charge in [0.1, 0.15) is 5.54 Å². The summed E-state index contributed by atoms with van der Waals surface area (Å²) in [6.45, 7) is 4.52. The van der Waals surface area contributed by atoms with Gasteiger partial charge in [-0.1, -0.05) is 13.8 Å². The van der Waals surface area contributed by atoms with Gasteiger partial charge in [0.25, 0.3) is 0 Å². The van der Waals surface area contributed by atoms with Gasteiger partial charge in [-0.15, -0.1) is 0 Å². The van der Waals surface area contributed by atoms with E-state index in [-0.39, 0.29) is 5.54 Å². The Balaban J connectivity index is 2.66. The zero-order valence-corrected chi connectivity index (χ0v) is 8.22. The van der Waals surface area contributed by atoms with Gasteiger partial charge in [-0.05, 0) is 38.1 Å². The highest BCUT2D eigenvalue weighted by molar-refractivity contribution is 5.09. The number of nitrogens with zero attached hydrogens (tertiary/aromatic N) is 1. The van der Waals surface area contributed by atoms with Crippen molar-refractivity contribution in [3.05, 3.63) is 0 Å². The third-order valence-electron chi connectivity index (χ3n) is 3.36. The maximum Gasteiger partial charge on any atom is 0.106 e. The van der Waals surface area contributed by atoms with E-state index in [0.717, 1.165) is 18.8 Å². The quantitative estimate of drug-likeness (QED) is 0.646. The Morgan fingerprint density at radius 1 is 1.42 bits per heavy atom. The molecule has 2 nitrogen and oxygen atoms in total. The second-order valence-corrected chi connectivity index (χ2v) is 4.14. The van der Waals surface area contributed by atoms with E-state index in [9.17, 15) is 0 Å². The highest BCUT2D eigenvalue weighted by atomic mass is 14.9. The molecule has 0 heterocycles. The molecule has 0 spiro atoms. The first kappa shape index (κ1) is 9.54. The number of hydrogen-bond acceptors (Lipinski definition) is 2. The SMILES string of the molecule is CNC1(C#N)CCC(C)C(C)C1. The lowest BCUT2D eigenvalue weighted by molar-refractivity contribution is 0.190. The number of rotatable bonds is 1. The van der Waals surface area contributed by atoms with Crippen LogP contribution in [0.4, 0.5) is 0 Å². The number of nitriles is 1. The van der Waals surface area contributed by atoms with Crippen molar-refractivity contribution in [3.63, 3.8) is 0 Å². The fourth-order valence-corrected chi connectivity index (χ4v) is 2.00. The van der Waals surface area contributed by atoms with Crippen LogP contribution in [0.3, 0.4) is 0 Å². The molecule has 1 aliphatic carbocycles. The second kappa shape index (κ2) is 3.45. The minimum atomic E-state index is -0.230. The van der Waals surface area contributed by atoms with E-state index in [1.165, 1.54) is 6.42 Å². The van der Waals surface area contributed by atoms with Gasteiger partial charge in [0.05, 0.1) is 6.07 Å². The van der Waals surface area contributed by atoms with Gasteiger partial charge in [0, 0.05) is 0 Å². The van der Waals surface area contributed by atoms with E-state index < -0.39 is 0 Å². The van der Waals surface area contributed by atoms with Crippen molar-refractivity contribution in [1.82, 2.24) is 5.32 Å². The van der Waals surface area contributed by atoms with Crippen molar-refractivity contribution < 1.29 is 0 Å². The van der Waals surface area contributed by atoms with E-state index in [1.807, 2.05) is 7.05 Å². The lowest BCUT2D eigenvalue weighted by Gasteiger charge is -2.37. The second-order valence-electron chi connectivity index (χ2n) is 4.14. The van der Waals surface area contributed by atoms with Gasteiger partial charge in [0.15, 0.2) is 0 Å². The topological polar surface area (TPSA) is 35.8 Å². The first-order valence-electron chi connectivity index (χ1n) is 4.74. The van der Waals surface area contributed by atoms with Crippen LogP contribution < -0.4 is 5.32 Å². The van der Waals surface area contributed by atoms with Crippen molar-refractivity contribution in [1.29, 1.82) is 5.26 Å². The molecule has 3 unspecified atom stereocenters. The average Bonchev–Trinajstić information content (AvgIpc) is 2.10. The summed E-state index contributed by atoms with van der Waals surface area (Å²) in [5.41, 5.74) is -0.230. The molecular formula is C10H18N2. The molecule has 2 heteroatoms. The summed E-state index contributed by atoms with van der Waals surface area (Å²) in [6.07, 6.45) is 3.18. The molecule has 12 heavy (non-hydrogen) atoms. The van der Waals surface area contributed by atoms with Gasteiger partial charge in [-0.25, -0.2) is 0 Å². The summed E-state index contributed by atoms with van der Waals surface area (Å²) in [5, 5.41) is 12.2. The first-order chi connectivity index (χ1) is 5.63. The zero-order chi connectivity index (χ0) is 9.19. The Kier molecular flexibility index (Phi) is 2.74. The van der Waals surface area contributed by atoms with Crippen molar-refractivity contribution in [2.24, 2.45) is 11.8 Å². The zero-order valence-electron chi connectivity index (χ0n) is 8.22. The molecule has 0 saturated heterocycles. The fraction of sp³-hybridized carbons (Fsp3) is 0.900. The van der Waals surface area contributed by atoms with Gasteiger partial charge >= 0.3 is 0 Å². The smallest absolute Gasteiger partial charge is 0.106 e. The molecular weight excluding hydrogens is 148 g/mol. The van der Waals surface area contributed by atoms with Crippen LogP contribution in [0, 0.1) is 23.2 Å². The molecule has 0 aromatic heterocycles. The summed E-state index contributed by atoms with van der Waals surface area (Å²) >= 11 is 0. The van der Waals surface area contributed by atoms with Crippen LogP contribution in [0.2, 0.25) is 0 Å². The normalized spacial score (nSPS) is 42.2. The monoisotopic (exact) mass is 166 g/mol. The van der Waals surface area contributed by atoms with E-state index in [1.54, 1.807) is 0 Å². The molecule has 1 aliphatic rings. The summed E-state index contributed by atoms with van der Waals surface area (Å²) in [5.74, 6) is 1.45. The van der Waals surface area contributed by atoms with Crippen LogP contribution in [0.5, 0.6) is 0 Å². The van der Waals surface area contributed by atoms with Crippen LogP contribution in [0.25, 0.3) is 0 Å². The molecule has 1 saturated carbocycles. The van der Waals surface area contributed by atoms with Gasteiger partial charge < -0.3 is 5.32 Å². The molecule has 0 bridgehead atoms. The number of hydrogen-bond donors (Lipinski definition) is 1. The van der Waals surface area contributed by atoms with E-state index >= 15 is 0 Å². The Labute approximate surface area is 75.0 Å². The van der Waals surface area contributed by atoms with Gasteiger partial charge in [-0.3, -0.25) is 0 Å². The van der Waals surface area contributed by atoms with Crippen molar-refractivity contribution in [2.75, 3.05) is 7.05 Å². The highest BCUT2D eigenvalue weighted by Gasteiger charge is 2.36. The summed E-state index contributed by atoms with van der Waals surface area (Å²) in [6, 6.07) is 2.41. The molecule has 0 aromatic carbocycles. The molecule has 0 radical (unpaired) electrons. The van der Waals surface area contributed by atoms with E-state index in [4.69, 9.17) is 5.26 Å². The van der Waals surface area contributed by atoms with Crippen LogP contribution in [0.1, 0.15) is 33.1 Å². The minimum Gasteiger partial charge on any atom is -0.302 e. The maximum atomic E-state index is 9.03. The fourth-order valence-electron chi connectivity index (χ4n) is 2.00. The first-order valence-corrected chi connectivity index (χ1v) is 4.74. The van der Waals surface area contributed by atoms with Crippen molar-refractivity contribution in [3.8, 4) is 6.07 Å². The predicted octanol–water partition coefficient (Wildman–Crippen LogP) is 1.92. The Bertz CT molecular complexity index is 195. The van der Waals surface area contributed by atoms with Crippen LogP contribution >= 0.6 is 0 Å². The third-order valence-corrected chi connectivity index (χ3v) is 3.36. The van der Waals surface area contributed by atoms with Crippen molar-refractivity contribution in [2.45, 2.75) is 38.6 Å². The van der Waals surface area contributed by atoms with Crippen LogP contribution in [0.15, 0.2) is 0 Å². The Morgan fingerprint density at radius 3 is 2.50 bits per heavy atom. The molecule has 3 atom stereocenters. The number of nitrogens with one attached hydrogen (secondary N) is 1. The highest BCUT2D eigenvalue weighted by Crippen LogP contribution is 2.35. The molecule has 1 N–H and O–H groups in total. The van der Waals surface area contributed by atoms with Crippen LogP contribution in [-0.4, -0.2) is 12.6 Å². The molecule has 0 amide bonds. The van der Waals surface area contributed by atoms with Gasteiger partial charge in [0.2, 0.25) is 0 Å². The maximum absolute atomic E-state index is 9.03. The molecule has 1 rings (SSSR count). The summed E-state index contributed by atoms with van der Waals surface area (Å²) < 4.78 is 0. The lowest BCUT2D eigenvalue weighted by Crippen LogP contribution is -2.46. The largest absolute Gasteiger partial charge is 0.302 e. The standard InChI is InChI=1S/C10H18N2/c1-8-4-5-10(7-11,12-3)6-9(8)2/h8-9,12H,4-6H2,1-3H3. The third kappa shape index (κ3) is 1.61. The summed E-state index contributed by atoms with van der Waals surface area (Å²) in [7, 11) is 1.89. The van der Waals surface area contributed by atoms with Gasteiger partial charge in [-0.2, -0.15) is 5.26 Å². The van der Waals surface area contributed by atoms with Crippen LogP contribution in [-0.2, 0) is 0 Å². The van der Waals surface area contributed by atoms with E-state index in [0.29, 0.717) is 5.92 Å². The van der Waals surface area contributed by atoms with Crippen molar-refractivity contribution >= 4 is 0 Å². The minimum absolute atomic E-state index is 0.230. The van der Waals surface area contributed by atoms with E-state index in [2.05, 4.69) is 25.2 Å². The molecule has 68 valence electrons. The molecule has 0 aliphatic heterocycles. The Hall–Kier alpha value is -0.550. The average molecular weight is 166 g/mol. The summed E-state index contributed by atoms with van der Waals surface area (Å²) in [4.78, 5) is 0. The molecule has 0 aromatic rings. The Morgan fingerprint density at radius 2 is 2.08 bits per heavy atom. The lowest BCUT2D eigenvalue weighted by atomic mass is 9.72.